The van der Waals surface area contributed by atoms with Gasteiger partial charge < -0.3 is 13.9 Å². The van der Waals surface area contributed by atoms with Gasteiger partial charge in [-0.15, -0.1) is 4.68 Å². The maximum Gasteiger partial charge on any atom is 0.452 e. The topological polar surface area (TPSA) is 35.6 Å². The zero-order valence-corrected chi connectivity index (χ0v) is 22.8. The maximum absolute atomic E-state index is 6.59. The molecule has 0 amide bonds. The SMILES string of the molecule is Cc1c(C(C)(C)c2ccc3ccccn23)c(C)[n+]2n1-c1cccc3c1C21c2c(cccc2Oc2cccc[n+]21)O3. The van der Waals surface area contributed by atoms with E-state index in [1.54, 1.807) is 0 Å². The molecule has 3 aliphatic rings. The van der Waals surface area contributed by atoms with Crippen molar-refractivity contribution >= 4 is 5.52 Å². The van der Waals surface area contributed by atoms with Gasteiger partial charge in [-0.3, -0.25) is 0 Å². The molecule has 7 heterocycles. The molecule has 0 saturated carbocycles. The molecule has 0 saturated heterocycles. The van der Waals surface area contributed by atoms with Gasteiger partial charge in [0.15, 0.2) is 23.1 Å². The molecule has 1 atom stereocenters. The van der Waals surface area contributed by atoms with Gasteiger partial charge in [-0.05, 0) is 80.1 Å². The molecule has 1 spiro atoms. The van der Waals surface area contributed by atoms with Crippen molar-refractivity contribution in [3.63, 3.8) is 0 Å². The lowest BCUT2D eigenvalue weighted by Crippen LogP contribution is -2.76. The Bertz CT molecular complexity index is 2070. The number of fused-ring (bicyclic) bond motifs is 4. The molecule has 4 aromatic heterocycles. The second-order valence-corrected chi connectivity index (χ2v) is 11.6. The summed E-state index contributed by atoms with van der Waals surface area (Å²) in [6.07, 6.45) is 4.30. The Morgan fingerprint density at radius 1 is 0.750 bits per heavy atom. The van der Waals surface area contributed by atoms with Crippen LogP contribution in [0.25, 0.3) is 11.2 Å². The molecule has 6 nitrogen and oxygen atoms in total. The van der Waals surface area contributed by atoms with Crippen molar-refractivity contribution in [2.45, 2.75) is 38.8 Å². The molecule has 0 aliphatic carbocycles. The number of hydrogen-bond acceptors (Lipinski definition) is 2. The highest BCUT2D eigenvalue weighted by Gasteiger charge is 2.72. The largest absolute Gasteiger partial charge is 0.455 e. The van der Waals surface area contributed by atoms with E-state index in [-0.39, 0.29) is 5.41 Å². The molecule has 0 radical (unpaired) electrons. The number of aromatic nitrogens is 4. The second-order valence-electron chi connectivity index (χ2n) is 11.6. The number of hydrogen-bond donors (Lipinski definition) is 0. The highest BCUT2D eigenvalue weighted by Crippen LogP contribution is 2.56. The van der Waals surface area contributed by atoms with E-state index in [1.807, 2.05) is 18.2 Å². The van der Waals surface area contributed by atoms with E-state index >= 15 is 0 Å². The number of ether oxygens (including phenoxy) is 2. The van der Waals surface area contributed by atoms with Crippen LogP contribution in [0.3, 0.4) is 0 Å². The third kappa shape index (κ3) is 2.30. The molecule has 0 N–H and O–H groups in total. The summed E-state index contributed by atoms with van der Waals surface area (Å²) in [6.45, 7) is 9.22. The van der Waals surface area contributed by atoms with Gasteiger partial charge in [0, 0.05) is 35.8 Å². The van der Waals surface area contributed by atoms with Crippen molar-refractivity contribution in [3.05, 3.63) is 131 Å². The van der Waals surface area contributed by atoms with Crippen molar-refractivity contribution in [3.8, 4) is 28.8 Å². The molecule has 0 fully saturated rings. The van der Waals surface area contributed by atoms with E-state index in [1.165, 1.54) is 28.2 Å². The summed E-state index contributed by atoms with van der Waals surface area (Å²) in [4.78, 5) is 0. The highest BCUT2D eigenvalue weighted by molar-refractivity contribution is 5.67. The quantitative estimate of drug-likeness (QED) is 0.257. The summed E-state index contributed by atoms with van der Waals surface area (Å²) in [5, 5.41) is 0. The second kappa shape index (κ2) is 7.02. The third-order valence-electron chi connectivity index (χ3n) is 9.22. The van der Waals surface area contributed by atoms with Crippen LogP contribution in [0.2, 0.25) is 0 Å². The van der Waals surface area contributed by atoms with Crippen LogP contribution in [0.4, 0.5) is 0 Å². The fraction of sp³-hybridized carbons (Fsp3) is 0.176. The van der Waals surface area contributed by atoms with Crippen molar-refractivity contribution in [1.82, 2.24) is 9.08 Å². The first-order chi connectivity index (χ1) is 19.4. The molecular weight excluding hydrogens is 496 g/mol. The van der Waals surface area contributed by atoms with Crippen molar-refractivity contribution in [1.29, 1.82) is 0 Å². The van der Waals surface area contributed by atoms with E-state index in [9.17, 15) is 0 Å². The Hall–Kier alpha value is -4.84. The minimum atomic E-state index is -0.699. The van der Waals surface area contributed by atoms with E-state index in [0.29, 0.717) is 0 Å². The first-order valence-electron chi connectivity index (χ1n) is 13.8. The van der Waals surface area contributed by atoms with Gasteiger partial charge in [0.2, 0.25) is 5.69 Å². The van der Waals surface area contributed by atoms with E-state index in [0.717, 1.165) is 39.9 Å². The molecule has 3 aliphatic heterocycles. The number of pyridine rings is 2. The summed E-state index contributed by atoms with van der Waals surface area (Å²) in [7, 11) is 0. The monoisotopic (exact) mass is 524 g/mol. The number of rotatable bonds is 2. The number of benzene rings is 2. The Balaban J connectivity index is 1.44. The van der Waals surface area contributed by atoms with Crippen LogP contribution in [-0.2, 0) is 11.1 Å². The summed E-state index contributed by atoms with van der Waals surface area (Å²) in [5.74, 6) is 3.32. The Morgan fingerprint density at radius 3 is 2.35 bits per heavy atom. The van der Waals surface area contributed by atoms with Gasteiger partial charge in [-0.1, -0.05) is 22.8 Å². The molecule has 6 aromatic rings. The van der Waals surface area contributed by atoms with E-state index in [2.05, 4.69) is 125 Å². The lowest BCUT2D eigenvalue weighted by atomic mass is 9.79. The number of nitrogens with zero attached hydrogens (tertiary/aromatic N) is 4. The third-order valence-corrected chi connectivity index (χ3v) is 9.22. The molecule has 2 aromatic carbocycles. The normalized spacial score (nSPS) is 17.5. The fourth-order valence-corrected chi connectivity index (χ4v) is 7.89. The molecule has 194 valence electrons. The first kappa shape index (κ1) is 22.0. The van der Waals surface area contributed by atoms with Gasteiger partial charge in [0.1, 0.15) is 17.2 Å². The van der Waals surface area contributed by atoms with Crippen LogP contribution in [0, 0.1) is 13.8 Å². The smallest absolute Gasteiger partial charge is 0.452 e. The van der Waals surface area contributed by atoms with Crippen LogP contribution in [0.15, 0.2) is 97.3 Å². The van der Waals surface area contributed by atoms with Crippen LogP contribution >= 0.6 is 0 Å². The lowest BCUT2D eigenvalue weighted by molar-refractivity contribution is -0.999. The van der Waals surface area contributed by atoms with Crippen molar-refractivity contribution in [2.75, 3.05) is 0 Å². The van der Waals surface area contributed by atoms with Gasteiger partial charge in [-0.25, -0.2) is 0 Å². The molecule has 6 heteroatoms. The van der Waals surface area contributed by atoms with Crippen LogP contribution in [-0.4, -0.2) is 9.08 Å². The Kier molecular flexibility index (Phi) is 3.86. The Morgan fingerprint density at radius 2 is 1.50 bits per heavy atom. The minimum absolute atomic E-state index is 0.274. The predicted molar refractivity (Wildman–Crippen MR) is 150 cm³/mol. The summed E-state index contributed by atoms with van der Waals surface area (Å²) < 4.78 is 22.6. The predicted octanol–water partition coefficient (Wildman–Crippen LogP) is 6.07. The van der Waals surface area contributed by atoms with E-state index < -0.39 is 5.66 Å². The lowest BCUT2D eigenvalue weighted by Gasteiger charge is -2.32. The zero-order valence-electron chi connectivity index (χ0n) is 22.8. The average molecular weight is 525 g/mol. The first-order valence-corrected chi connectivity index (χ1v) is 13.8. The molecular formula is C34H28N4O2+2. The standard InChI is InChI=1S/C34H28N4O2/c1-21-30(33(3,4)28-18-17-23-11-5-7-19-35(23)28)22(2)38-34-31-24(37(21)38)12-9-13-25(31)39-26-14-10-15-27(32(26)34)40-29-16-6-8-20-36(29)34/h5-20H,1-4H3/q+2. The van der Waals surface area contributed by atoms with Crippen LogP contribution in [0.5, 0.6) is 23.1 Å². The summed E-state index contributed by atoms with van der Waals surface area (Å²) >= 11 is 0. The van der Waals surface area contributed by atoms with Crippen LogP contribution < -0.4 is 18.7 Å². The minimum Gasteiger partial charge on any atom is -0.455 e. The van der Waals surface area contributed by atoms with Gasteiger partial charge in [0.05, 0.1) is 17.3 Å². The molecule has 40 heavy (non-hydrogen) atoms. The molecule has 0 bridgehead atoms. The van der Waals surface area contributed by atoms with Crippen molar-refractivity contribution < 1.29 is 18.7 Å². The molecule has 9 rings (SSSR count). The van der Waals surface area contributed by atoms with E-state index in [4.69, 9.17) is 9.47 Å². The maximum atomic E-state index is 6.59. The Labute approximate surface area is 231 Å². The summed E-state index contributed by atoms with van der Waals surface area (Å²) in [5.41, 5.74) is 8.53. The summed E-state index contributed by atoms with van der Waals surface area (Å²) in [6, 6.07) is 29.5. The fourth-order valence-electron chi connectivity index (χ4n) is 7.89. The average Bonchev–Trinajstić information content (AvgIpc) is 3.61. The van der Waals surface area contributed by atoms with Crippen LogP contribution in [0.1, 0.15) is 47.6 Å². The highest BCUT2D eigenvalue weighted by atomic mass is 16.5. The van der Waals surface area contributed by atoms with Gasteiger partial charge in [0.25, 0.3) is 0 Å². The van der Waals surface area contributed by atoms with Crippen molar-refractivity contribution in [2.24, 2.45) is 0 Å². The van der Waals surface area contributed by atoms with Gasteiger partial charge >= 0.3 is 11.5 Å². The van der Waals surface area contributed by atoms with Gasteiger partial charge in [-0.2, -0.15) is 0 Å². The molecule has 1 unspecified atom stereocenters. The zero-order chi connectivity index (χ0) is 27.0.